The number of hydrogen-bond donors (Lipinski definition) is 1. The lowest BCUT2D eigenvalue weighted by molar-refractivity contribution is 0.0662. The second kappa shape index (κ2) is 11.8. The Bertz CT molecular complexity index is 763. The van der Waals surface area contributed by atoms with Gasteiger partial charge in [0.25, 0.3) is 0 Å². The Morgan fingerprint density at radius 2 is 1.66 bits per heavy atom. The monoisotopic (exact) mass is 464 g/mol. The second-order valence-corrected chi connectivity index (χ2v) is 7.45. The first-order valence-electron chi connectivity index (χ1n) is 9.23. The van der Waals surface area contributed by atoms with Gasteiger partial charge in [-0.25, -0.2) is 4.39 Å². The molecule has 3 rings (SSSR count). The number of rotatable bonds is 6. The van der Waals surface area contributed by atoms with Gasteiger partial charge in [-0.15, -0.1) is 24.8 Å². The summed E-state index contributed by atoms with van der Waals surface area (Å²) in [6.07, 6.45) is -0.582. The van der Waals surface area contributed by atoms with Crippen molar-refractivity contribution >= 4 is 42.1 Å². The van der Waals surface area contributed by atoms with Crippen LogP contribution in [0.25, 0.3) is 0 Å². The predicted octanol–water partition coefficient (Wildman–Crippen LogP) is 4.50. The van der Waals surface area contributed by atoms with E-state index in [1.54, 1.807) is 6.07 Å². The third kappa shape index (κ3) is 6.90. The Morgan fingerprint density at radius 3 is 2.24 bits per heavy atom. The van der Waals surface area contributed by atoms with Gasteiger partial charge in [0.1, 0.15) is 24.3 Å². The predicted molar refractivity (Wildman–Crippen MR) is 122 cm³/mol. The van der Waals surface area contributed by atoms with E-state index in [-0.39, 0.29) is 37.2 Å². The molecule has 1 aliphatic heterocycles. The summed E-state index contributed by atoms with van der Waals surface area (Å²) in [5.74, 6) is 0.533. The number of anilines is 1. The minimum absolute atomic E-state index is 0. The van der Waals surface area contributed by atoms with Gasteiger partial charge in [0.2, 0.25) is 0 Å². The van der Waals surface area contributed by atoms with Gasteiger partial charge in [-0.2, -0.15) is 0 Å². The van der Waals surface area contributed by atoms with Gasteiger partial charge < -0.3 is 14.7 Å². The summed E-state index contributed by atoms with van der Waals surface area (Å²) < 4.78 is 19.6. The Morgan fingerprint density at radius 1 is 1.07 bits per heavy atom. The van der Waals surface area contributed by atoms with Gasteiger partial charge in [-0.3, -0.25) is 4.90 Å². The molecule has 4 nitrogen and oxygen atoms in total. The van der Waals surface area contributed by atoms with Crippen LogP contribution >= 0.6 is 36.4 Å². The molecule has 0 aromatic heterocycles. The molecule has 0 radical (unpaired) electrons. The number of ether oxygens (including phenoxy) is 1. The number of piperazine rings is 1. The molecule has 1 saturated heterocycles. The fourth-order valence-electron chi connectivity index (χ4n) is 3.41. The highest BCUT2D eigenvalue weighted by atomic mass is 35.5. The summed E-state index contributed by atoms with van der Waals surface area (Å²) in [4.78, 5) is 4.23. The largest absolute Gasteiger partial charge is 0.491 e. The Kier molecular flexibility index (Phi) is 10.5. The molecule has 1 fully saturated rings. The van der Waals surface area contributed by atoms with Gasteiger partial charge in [-0.05, 0) is 49.2 Å². The fourth-order valence-corrected chi connectivity index (χ4v) is 3.52. The van der Waals surface area contributed by atoms with Crippen molar-refractivity contribution in [2.45, 2.75) is 20.0 Å². The minimum atomic E-state index is -0.582. The van der Waals surface area contributed by atoms with Crippen LogP contribution in [0.3, 0.4) is 0 Å². The van der Waals surface area contributed by atoms with Crippen LogP contribution in [0.2, 0.25) is 5.02 Å². The lowest BCUT2D eigenvalue weighted by atomic mass is 10.1. The number of nitrogens with zero attached hydrogens (tertiary/aromatic N) is 2. The quantitative estimate of drug-likeness (QED) is 0.681. The number of benzene rings is 2. The normalized spacial score (nSPS) is 15.3. The first-order chi connectivity index (χ1) is 12.9. The molecule has 1 atom stereocenters. The topological polar surface area (TPSA) is 35.9 Å². The molecule has 0 bridgehead atoms. The maximum absolute atomic E-state index is 13.9. The number of aliphatic hydroxyl groups is 1. The van der Waals surface area contributed by atoms with Crippen LogP contribution in [-0.4, -0.2) is 55.4 Å². The van der Waals surface area contributed by atoms with E-state index in [2.05, 4.69) is 4.90 Å². The van der Waals surface area contributed by atoms with Gasteiger partial charge in [0, 0.05) is 37.7 Å². The lowest BCUT2D eigenvalue weighted by Crippen LogP contribution is -2.49. The number of aryl methyl sites for hydroxylation is 2. The van der Waals surface area contributed by atoms with Crippen LogP contribution in [-0.2, 0) is 0 Å². The highest BCUT2D eigenvalue weighted by molar-refractivity contribution is 6.32. The molecule has 162 valence electrons. The molecule has 1 aliphatic rings. The van der Waals surface area contributed by atoms with Crippen molar-refractivity contribution in [3.63, 3.8) is 0 Å². The zero-order valence-corrected chi connectivity index (χ0v) is 19.0. The fraction of sp³-hybridized carbons (Fsp3) is 0.429. The number of halogens is 4. The number of para-hydroxylation sites is 1. The standard InChI is InChI=1S/C21H26ClFN2O2.2ClH/c1-15-11-18(12-16(2)21(15)22)27-14-17(26)13-24-7-9-25(10-8-24)20-6-4-3-5-19(20)23;;/h3-6,11-12,17,26H,7-10,13-14H2,1-2H3;2*1H. The summed E-state index contributed by atoms with van der Waals surface area (Å²) in [5, 5.41) is 11.1. The highest BCUT2D eigenvalue weighted by Crippen LogP contribution is 2.26. The van der Waals surface area contributed by atoms with E-state index in [4.69, 9.17) is 16.3 Å². The number of β-amino-alcohol motifs (C(OH)–C–C–N with tert-alkyl or cyclic N) is 1. The summed E-state index contributed by atoms with van der Waals surface area (Å²) >= 11 is 6.17. The Balaban J connectivity index is 0.00000210. The van der Waals surface area contributed by atoms with Crippen LogP contribution in [0, 0.1) is 19.7 Å². The van der Waals surface area contributed by atoms with Crippen LogP contribution in [0.4, 0.5) is 10.1 Å². The van der Waals surface area contributed by atoms with Crippen molar-refractivity contribution in [3.05, 3.63) is 58.4 Å². The zero-order valence-electron chi connectivity index (χ0n) is 16.6. The van der Waals surface area contributed by atoms with E-state index >= 15 is 0 Å². The van der Waals surface area contributed by atoms with Crippen LogP contribution in [0.5, 0.6) is 5.75 Å². The highest BCUT2D eigenvalue weighted by Gasteiger charge is 2.21. The molecule has 29 heavy (non-hydrogen) atoms. The van der Waals surface area contributed by atoms with E-state index < -0.39 is 6.10 Å². The number of aliphatic hydroxyl groups excluding tert-OH is 1. The smallest absolute Gasteiger partial charge is 0.146 e. The molecule has 1 N–H and O–H groups in total. The van der Waals surface area contributed by atoms with Gasteiger partial charge in [-0.1, -0.05) is 23.7 Å². The summed E-state index contributed by atoms with van der Waals surface area (Å²) in [5.41, 5.74) is 2.57. The molecular weight excluding hydrogens is 438 g/mol. The minimum Gasteiger partial charge on any atom is -0.491 e. The average Bonchev–Trinajstić information content (AvgIpc) is 2.65. The SMILES string of the molecule is Cc1cc(OCC(O)CN2CCN(c3ccccc3F)CC2)cc(C)c1Cl.Cl.Cl. The Labute approximate surface area is 189 Å². The van der Waals surface area contributed by atoms with Crippen molar-refractivity contribution in [1.82, 2.24) is 4.90 Å². The molecule has 0 saturated carbocycles. The number of hydrogen-bond acceptors (Lipinski definition) is 4. The summed E-state index contributed by atoms with van der Waals surface area (Å²) in [7, 11) is 0. The Hall–Kier alpha value is -1.24. The van der Waals surface area contributed by atoms with Gasteiger partial charge in [0.05, 0.1) is 5.69 Å². The van der Waals surface area contributed by atoms with Gasteiger partial charge in [0.15, 0.2) is 0 Å². The molecule has 2 aromatic carbocycles. The molecule has 2 aromatic rings. The first-order valence-corrected chi connectivity index (χ1v) is 9.61. The van der Waals surface area contributed by atoms with Crippen molar-refractivity contribution in [1.29, 1.82) is 0 Å². The summed E-state index contributed by atoms with van der Waals surface area (Å²) in [6, 6.07) is 10.6. The molecule has 8 heteroatoms. The summed E-state index contributed by atoms with van der Waals surface area (Å²) in [6.45, 7) is 7.69. The van der Waals surface area contributed by atoms with Gasteiger partial charge >= 0.3 is 0 Å². The van der Waals surface area contributed by atoms with Crippen molar-refractivity contribution in [3.8, 4) is 5.75 Å². The van der Waals surface area contributed by atoms with Crippen LogP contribution in [0.1, 0.15) is 11.1 Å². The first kappa shape index (κ1) is 25.8. The maximum atomic E-state index is 13.9. The molecule has 1 heterocycles. The van der Waals surface area contributed by atoms with Crippen LogP contribution < -0.4 is 9.64 Å². The van der Waals surface area contributed by atoms with E-state index in [9.17, 15) is 9.50 Å². The van der Waals surface area contributed by atoms with E-state index in [1.807, 2.05) is 43.0 Å². The van der Waals surface area contributed by atoms with E-state index in [0.717, 1.165) is 48.1 Å². The third-order valence-electron chi connectivity index (χ3n) is 4.89. The zero-order chi connectivity index (χ0) is 19.4. The average molecular weight is 466 g/mol. The third-order valence-corrected chi connectivity index (χ3v) is 5.48. The van der Waals surface area contributed by atoms with Crippen molar-refractivity contribution < 1.29 is 14.2 Å². The van der Waals surface area contributed by atoms with E-state index in [0.29, 0.717) is 12.2 Å². The molecule has 0 spiro atoms. The molecule has 1 unspecified atom stereocenters. The lowest BCUT2D eigenvalue weighted by Gasteiger charge is -2.36. The molecular formula is C21H28Cl3FN2O2. The van der Waals surface area contributed by atoms with Crippen LogP contribution in [0.15, 0.2) is 36.4 Å². The second-order valence-electron chi connectivity index (χ2n) is 7.07. The molecule has 0 amide bonds. The maximum Gasteiger partial charge on any atom is 0.146 e. The molecule has 0 aliphatic carbocycles. The van der Waals surface area contributed by atoms with Crippen molar-refractivity contribution in [2.75, 3.05) is 44.2 Å². The van der Waals surface area contributed by atoms with Crippen molar-refractivity contribution in [2.24, 2.45) is 0 Å². The van der Waals surface area contributed by atoms with E-state index in [1.165, 1.54) is 6.07 Å².